The maximum atomic E-state index is 3.40. The second-order valence-electron chi connectivity index (χ2n) is 6.55. The highest BCUT2D eigenvalue weighted by Crippen LogP contribution is 2.35. The monoisotopic (exact) mass is 280 g/mol. The molecular weight excluding hydrogens is 256 g/mol. The third-order valence-corrected chi connectivity index (χ3v) is 5.35. The minimum absolute atomic E-state index is 0.727. The molecule has 2 aromatic rings. The molecule has 2 aliphatic heterocycles. The van der Waals surface area contributed by atoms with Crippen LogP contribution >= 0.6 is 0 Å². The van der Waals surface area contributed by atoms with Crippen molar-refractivity contribution in [3.8, 4) is 0 Å². The number of aromatic nitrogens is 1. The number of benzene rings is 1. The topological polar surface area (TPSA) is 19.0 Å². The average Bonchev–Trinajstić information content (AvgIpc) is 2.96. The fourth-order valence-corrected chi connectivity index (χ4v) is 4.25. The zero-order valence-electron chi connectivity index (χ0n) is 12.8. The molecule has 1 aromatic carbocycles. The number of hydrogen-bond donors (Lipinski definition) is 1. The number of para-hydroxylation sites is 1. The first-order chi connectivity index (χ1) is 10.3. The molecule has 0 saturated carbocycles. The molecule has 2 atom stereocenters. The molecule has 1 saturated heterocycles. The third kappa shape index (κ3) is 2.32. The van der Waals surface area contributed by atoms with Gasteiger partial charge in [-0.25, -0.2) is 0 Å². The Kier molecular flexibility index (Phi) is 3.34. The molecule has 1 aliphatic carbocycles. The van der Waals surface area contributed by atoms with Gasteiger partial charge in [0.05, 0.1) is 0 Å². The lowest BCUT2D eigenvalue weighted by molar-refractivity contribution is 0.127. The first-order valence-corrected chi connectivity index (χ1v) is 8.34. The summed E-state index contributed by atoms with van der Waals surface area (Å²) in [6.45, 7) is 4.78. The molecule has 3 heterocycles. The number of aromatic amines is 1. The van der Waals surface area contributed by atoms with Crippen molar-refractivity contribution >= 4 is 10.9 Å². The van der Waals surface area contributed by atoms with E-state index in [0.717, 1.165) is 18.4 Å². The smallest absolute Gasteiger partial charge is 0.0456 e. The molecule has 2 nitrogen and oxygen atoms in total. The predicted octanol–water partition coefficient (Wildman–Crippen LogP) is 4.14. The van der Waals surface area contributed by atoms with Gasteiger partial charge in [-0.3, -0.25) is 4.90 Å². The Morgan fingerprint density at radius 2 is 2.14 bits per heavy atom. The van der Waals surface area contributed by atoms with E-state index in [1.807, 2.05) is 0 Å². The van der Waals surface area contributed by atoms with Gasteiger partial charge in [-0.2, -0.15) is 0 Å². The van der Waals surface area contributed by atoms with Crippen LogP contribution in [0.15, 0.2) is 42.1 Å². The summed E-state index contributed by atoms with van der Waals surface area (Å²) in [4.78, 5) is 6.13. The quantitative estimate of drug-likeness (QED) is 0.834. The Bertz CT molecular complexity index is 667. The van der Waals surface area contributed by atoms with Gasteiger partial charge in [0.15, 0.2) is 0 Å². The molecule has 21 heavy (non-hydrogen) atoms. The van der Waals surface area contributed by atoms with Crippen molar-refractivity contribution in [1.29, 1.82) is 0 Å². The number of fused-ring (bicyclic) bond motifs is 3. The van der Waals surface area contributed by atoms with Gasteiger partial charge in [-0.1, -0.05) is 36.8 Å². The van der Waals surface area contributed by atoms with E-state index in [9.17, 15) is 0 Å². The average molecular weight is 280 g/mol. The van der Waals surface area contributed by atoms with E-state index in [2.05, 4.69) is 53.3 Å². The second-order valence-corrected chi connectivity index (χ2v) is 6.55. The van der Waals surface area contributed by atoms with Crippen LogP contribution in [0.4, 0.5) is 0 Å². The molecule has 110 valence electrons. The molecule has 3 aliphatic rings. The first kappa shape index (κ1) is 13.1. The zero-order chi connectivity index (χ0) is 14.2. The van der Waals surface area contributed by atoms with Crippen molar-refractivity contribution in [1.82, 2.24) is 9.88 Å². The number of nitrogens with one attached hydrogen (secondary N) is 1. The van der Waals surface area contributed by atoms with Gasteiger partial charge in [0.1, 0.15) is 0 Å². The number of nitrogens with zero attached hydrogens (tertiary/aromatic N) is 1. The van der Waals surface area contributed by atoms with Crippen molar-refractivity contribution in [3.63, 3.8) is 0 Å². The summed E-state index contributed by atoms with van der Waals surface area (Å²) in [5, 5.41) is 1.39. The van der Waals surface area contributed by atoms with Crippen molar-refractivity contribution in [2.75, 3.05) is 13.1 Å². The summed E-state index contributed by atoms with van der Waals surface area (Å²) in [6.07, 6.45) is 9.92. The molecular formula is C19H24N2. The summed E-state index contributed by atoms with van der Waals surface area (Å²) in [6, 6.07) is 9.37. The van der Waals surface area contributed by atoms with E-state index >= 15 is 0 Å². The Balaban J connectivity index is 1.49. The highest BCUT2D eigenvalue weighted by Gasteiger charge is 2.33. The lowest BCUT2D eigenvalue weighted by Gasteiger charge is -2.45. The van der Waals surface area contributed by atoms with Crippen molar-refractivity contribution in [2.24, 2.45) is 5.92 Å². The van der Waals surface area contributed by atoms with Crippen LogP contribution in [0.25, 0.3) is 10.9 Å². The minimum Gasteiger partial charge on any atom is -0.361 e. The standard InChI is InChI=1S/C19H24N2/c1-2-15-11-14-7-8-19(15)21(13-14)10-9-16-12-20-18-6-4-3-5-17(16)18/h3-6,11-12,14,19-20H,2,7-10,13H2,1H3. The van der Waals surface area contributed by atoms with E-state index in [-0.39, 0.29) is 0 Å². The SMILES string of the molecule is CCC1=CC2CCC1N(CCc1c[nH]c3ccccc13)C2. The fraction of sp³-hybridized carbons (Fsp3) is 0.474. The second kappa shape index (κ2) is 5.34. The van der Waals surface area contributed by atoms with Crippen LogP contribution in [0.3, 0.4) is 0 Å². The number of H-pyrrole nitrogens is 1. The summed E-state index contributed by atoms with van der Waals surface area (Å²) in [7, 11) is 0. The Morgan fingerprint density at radius 3 is 3.00 bits per heavy atom. The summed E-state index contributed by atoms with van der Waals surface area (Å²) in [5.41, 5.74) is 4.42. The molecule has 2 heteroatoms. The Hall–Kier alpha value is -1.54. The van der Waals surface area contributed by atoms with Gasteiger partial charge < -0.3 is 4.98 Å². The van der Waals surface area contributed by atoms with E-state index in [1.54, 1.807) is 5.57 Å². The number of rotatable bonds is 4. The van der Waals surface area contributed by atoms with Gasteiger partial charge in [0, 0.05) is 36.2 Å². The van der Waals surface area contributed by atoms with Crippen LogP contribution in [0, 0.1) is 5.92 Å². The third-order valence-electron chi connectivity index (χ3n) is 5.35. The van der Waals surface area contributed by atoms with Crippen LogP contribution in [-0.2, 0) is 6.42 Å². The van der Waals surface area contributed by atoms with E-state index < -0.39 is 0 Å². The van der Waals surface area contributed by atoms with Crippen molar-refractivity contribution in [2.45, 2.75) is 38.6 Å². The normalized spacial score (nSPS) is 25.5. The Labute approximate surface area is 126 Å². The summed E-state index contributed by atoms with van der Waals surface area (Å²) >= 11 is 0. The van der Waals surface area contributed by atoms with Gasteiger partial charge in [0.2, 0.25) is 0 Å². The lowest BCUT2D eigenvalue weighted by Crippen LogP contribution is -2.48. The highest BCUT2D eigenvalue weighted by atomic mass is 15.2. The van der Waals surface area contributed by atoms with Crippen LogP contribution in [0.5, 0.6) is 0 Å². The maximum absolute atomic E-state index is 3.40. The largest absolute Gasteiger partial charge is 0.361 e. The number of piperidine rings is 1. The summed E-state index contributed by atoms with van der Waals surface area (Å²) < 4.78 is 0. The fourth-order valence-electron chi connectivity index (χ4n) is 4.25. The zero-order valence-corrected chi connectivity index (χ0v) is 12.8. The molecule has 0 spiro atoms. The Morgan fingerprint density at radius 1 is 1.24 bits per heavy atom. The molecule has 1 N–H and O–H groups in total. The van der Waals surface area contributed by atoms with Gasteiger partial charge >= 0.3 is 0 Å². The molecule has 0 amide bonds. The van der Waals surface area contributed by atoms with Crippen LogP contribution in [0.1, 0.15) is 31.7 Å². The van der Waals surface area contributed by atoms with Crippen LogP contribution in [0.2, 0.25) is 0 Å². The van der Waals surface area contributed by atoms with E-state index in [4.69, 9.17) is 0 Å². The summed E-state index contributed by atoms with van der Waals surface area (Å²) in [5.74, 6) is 0.813. The number of hydrogen-bond acceptors (Lipinski definition) is 1. The predicted molar refractivity (Wildman–Crippen MR) is 88.5 cm³/mol. The van der Waals surface area contributed by atoms with Gasteiger partial charge in [0.25, 0.3) is 0 Å². The van der Waals surface area contributed by atoms with Crippen LogP contribution in [-0.4, -0.2) is 29.0 Å². The van der Waals surface area contributed by atoms with E-state index in [1.165, 1.54) is 48.8 Å². The first-order valence-electron chi connectivity index (χ1n) is 8.34. The highest BCUT2D eigenvalue weighted by molar-refractivity contribution is 5.83. The lowest BCUT2D eigenvalue weighted by atomic mass is 9.79. The minimum atomic E-state index is 0.727. The molecule has 1 fully saturated rings. The van der Waals surface area contributed by atoms with Crippen LogP contribution < -0.4 is 0 Å². The van der Waals surface area contributed by atoms with Gasteiger partial charge in [-0.05, 0) is 43.2 Å². The molecule has 1 aromatic heterocycles. The molecule has 2 unspecified atom stereocenters. The molecule has 5 rings (SSSR count). The van der Waals surface area contributed by atoms with Crippen molar-refractivity contribution in [3.05, 3.63) is 47.7 Å². The van der Waals surface area contributed by atoms with E-state index in [0.29, 0.717) is 0 Å². The molecule has 0 radical (unpaired) electrons. The molecule has 2 bridgehead atoms. The van der Waals surface area contributed by atoms with Crippen molar-refractivity contribution < 1.29 is 0 Å². The maximum Gasteiger partial charge on any atom is 0.0456 e. The van der Waals surface area contributed by atoms with Gasteiger partial charge in [-0.15, -0.1) is 0 Å².